The van der Waals surface area contributed by atoms with Gasteiger partial charge >= 0.3 is 0 Å². The average Bonchev–Trinajstić information content (AvgIpc) is 2.12. The SMILES string of the molecule is Cc1ccc2c(Cl)ncc(Br)c2c1. The molecule has 2 rings (SSSR count). The zero-order chi connectivity index (χ0) is 9.42. The van der Waals surface area contributed by atoms with Gasteiger partial charge in [0, 0.05) is 21.4 Å². The number of hydrogen-bond donors (Lipinski definition) is 0. The van der Waals surface area contributed by atoms with Gasteiger partial charge < -0.3 is 0 Å². The lowest BCUT2D eigenvalue weighted by atomic mass is 10.1. The highest BCUT2D eigenvalue weighted by atomic mass is 79.9. The molecule has 0 amide bonds. The summed E-state index contributed by atoms with van der Waals surface area (Å²) in [6.45, 7) is 2.06. The van der Waals surface area contributed by atoms with Gasteiger partial charge in [-0.05, 0) is 22.9 Å². The van der Waals surface area contributed by atoms with Crippen LogP contribution in [0.2, 0.25) is 5.15 Å². The van der Waals surface area contributed by atoms with Gasteiger partial charge in [0.2, 0.25) is 0 Å². The number of rotatable bonds is 0. The molecule has 0 spiro atoms. The number of halogens is 2. The van der Waals surface area contributed by atoms with E-state index in [9.17, 15) is 0 Å². The Morgan fingerprint density at radius 2 is 2.08 bits per heavy atom. The molecule has 0 atom stereocenters. The van der Waals surface area contributed by atoms with Crippen molar-refractivity contribution in [2.75, 3.05) is 0 Å². The summed E-state index contributed by atoms with van der Waals surface area (Å²) in [4.78, 5) is 4.06. The van der Waals surface area contributed by atoms with Crippen LogP contribution in [-0.2, 0) is 0 Å². The number of benzene rings is 1. The number of fused-ring (bicyclic) bond motifs is 1. The molecule has 0 N–H and O–H groups in total. The second-order valence-electron chi connectivity index (χ2n) is 2.95. The zero-order valence-corrected chi connectivity index (χ0v) is 9.35. The molecule has 2 aromatic rings. The second kappa shape index (κ2) is 3.28. The molecule has 1 aromatic carbocycles. The van der Waals surface area contributed by atoms with Crippen LogP contribution in [0.5, 0.6) is 0 Å². The fourth-order valence-electron chi connectivity index (χ4n) is 1.29. The third-order valence-electron chi connectivity index (χ3n) is 1.95. The highest BCUT2D eigenvalue weighted by Gasteiger charge is 2.03. The minimum absolute atomic E-state index is 0.554. The quantitative estimate of drug-likeness (QED) is 0.650. The molecule has 0 unspecified atom stereocenters. The first-order valence-electron chi connectivity index (χ1n) is 3.89. The van der Waals surface area contributed by atoms with E-state index in [0.717, 1.165) is 15.2 Å². The molecule has 0 bridgehead atoms. The Morgan fingerprint density at radius 1 is 1.31 bits per heavy atom. The van der Waals surface area contributed by atoms with Gasteiger partial charge in [0.25, 0.3) is 0 Å². The average molecular weight is 257 g/mol. The van der Waals surface area contributed by atoms with E-state index in [1.165, 1.54) is 5.56 Å². The molecule has 0 radical (unpaired) electrons. The van der Waals surface area contributed by atoms with Gasteiger partial charge in [-0.3, -0.25) is 0 Å². The van der Waals surface area contributed by atoms with Crippen molar-refractivity contribution in [1.29, 1.82) is 0 Å². The van der Waals surface area contributed by atoms with E-state index in [4.69, 9.17) is 11.6 Å². The van der Waals surface area contributed by atoms with Crippen molar-refractivity contribution in [2.45, 2.75) is 6.92 Å². The Balaban J connectivity index is 2.92. The summed E-state index contributed by atoms with van der Waals surface area (Å²) in [5, 5.41) is 2.65. The monoisotopic (exact) mass is 255 g/mol. The van der Waals surface area contributed by atoms with Gasteiger partial charge in [0.1, 0.15) is 5.15 Å². The van der Waals surface area contributed by atoms with E-state index >= 15 is 0 Å². The van der Waals surface area contributed by atoms with Gasteiger partial charge in [0.15, 0.2) is 0 Å². The summed E-state index contributed by atoms with van der Waals surface area (Å²) in [6, 6.07) is 6.11. The maximum Gasteiger partial charge on any atom is 0.136 e. The van der Waals surface area contributed by atoms with Gasteiger partial charge in [0.05, 0.1) is 0 Å². The summed E-state index contributed by atoms with van der Waals surface area (Å²) < 4.78 is 0.982. The predicted molar refractivity (Wildman–Crippen MR) is 59.2 cm³/mol. The van der Waals surface area contributed by atoms with Crippen molar-refractivity contribution in [3.05, 3.63) is 39.6 Å². The van der Waals surface area contributed by atoms with Crippen molar-refractivity contribution in [2.24, 2.45) is 0 Å². The van der Waals surface area contributed by atoms with E-state index in [1.54, 1.807) is 6.20 Å². The number of hydrogen-bond acceptors (Lipinski definition) is 1. The molecule has 1 aromatic heterocycles. The number of nitrogens with zero attached hydrogens (tertiary/aromatic N) is 1. The molecule has 0 aliphatic rings. The smallest absolute Gasteiger partial charge is 0.136 e. The number of aryl methyl sites for hydroxylation is 1. The Labute approximate surface area is 89.9 Å². The van der Waals surface area contributed by atoms with Crippen LogP contribution in [0.3, 0.4) is 0 Å². The van der Waals surface area contributed by atoms with Crippen LogP contribution in [0, 0.1) is 6.92 Å². The van der Waals surface area contributed by atoms with Crippen LogP contribution in [0.25, 0.3) is 10.8 Å². The first-order valence-corrected chi connectivity index (χ1v) is 5.06. The van der Waals surface area contributed by atoms with Gasteiger partial charge in [-0.15, -0.1) is 0 Å². The molecule has 0 saturated heterocycles. The molecule has 0 aliphatic carbocycles. The summed E-state index contributed by atoms with van der Waals surface area (Å²) in [5.41, 5.74) is 1.22. The van der Waals surface area contributed by atoms with Crippen molar-refractivity contribution < 1.29 is 0 Å². The van der Waals surface area contributed by atoms with Crippen LogP contribution < -0.4 is 0 Å². The van der Waals surface area contributed by atoms with Crippen LogP contribution in [0.1, 0.15) is 5.56 Å². The van der Waals surface area contributed by atoms with Crippen molar-refractivity contribution in [3.63, 3.8) is 0 Å². The Bertz CT molecular complexity index is 468. The largest absolute Gasteiger partial charge is 0.243 e. The molecule has 66 valence electrons. The molecular weight excluding hydrogens is 249 g/mol. The van der Waals surface area contributed by atoms with E-state index in [2.05, 4.69) is 33.9 Å². The molecule has 0 saturated carbocycles. The second-order valence-corrected chi connectivity index (χ2v) is 4.16. The Kier molecular flexibility index (Phi) is 2.26. The zero-order valence-electron chi connectivity index (χ0n) is 7.01. The van der Waals surface area contributed by atoms with E-state index < -0.39 is 0 Å². The third kappa shape index (κ3) is 1.56. The fourth-order valence-corrected chi connectivity index (χ4v) is 1.93. The van der Waals surface area contributed by atoms with Crippen molar-refractivity contribution >= 4 is 38.3 Å². The molecule has 0 fully saturated rings. The maximum atomic E-state index is 5.95. The Morgan fingerprint density at radius 3 is 2.85 bits per heavy atom. The fraction of sp³-hybridized carbons (Fsp3) is 0.100. The third-order valence-corrected chi connectivity index (χ3v) is 2.88. The summed E-state index contributed by atoms with van der Waals surface area (Å²) in [5.74, 6) is 0. The first kappa shape index (κ1) is 8.97. The van der Waals surface area contributed by atoms with Gasteiger partial charge in [-0.25, -0.2) is 4.98 Å². The minimum atomic E-state index is 0.554. The van der Waals surface area contributed by atoms with Gasteiger partial charge in [-0.2, -0.15) is 0 Å². The Hall–Kier alpha value is -0.600. The lowest BCUT2D eigenvalue weighted by Gasteiger charge is -2.02. The topological polar surface area (TPSA) is 12.9 Å². The first-order chi connectivity index (χ1) is 6.18. The van der Waals surface area contributed by atoms with Crippen LogP contribution in [0.15, 0.2) is 28.9 Å². The summed E-state index contributed by atoms with van der Waals surface area (Å²) >= 11 is 9.39. The van der Waals surface area contributed by atoms with Crippen LogP contribution in [0.4, 0.5) is 0 Å². The molecule has 3 heteroatoms. The van der Waals surface area contributed by atoms with E-state index in [1.807, 2.05) is 12.1 Å². The van der Waals surface area contributed by atoms with Crippen LogP contribution in [-0.4, -0.2) is 4.98 Å². The van der Waals surface area contributed by atoms with E-state index in [0.29, 0.717) is 5.15 Å². The molecule has 0 aliphatic heterocycles. The minimum Gasteiger partial charge on any atom is -0.243 e. The van der Waals surface area contributed by atoms with Gasteiger partial charge in [-0.1, -0.05) is 35.4 Å². The maximum absolute atomic E-state index is 5.95. The molecule has 13 heavy (non-hydrogen) atoms. The predicted octanol–water partition coefficient (Wildman–Crippen LogP) is 3.96. The number of pyridine rings is 1. The normalized spacial score (nSPS) is 10.7. The summed E-state index contributed by atoms with van der Waals surface area (Å²) in [7, 11) is 0. The molecule has 1 heterocycles. The lowest BCUT2D eigenvalue weighted by Crippen LogP contribution is -1.82. The highest BCUT2D eigenvalue weighted by molar-refractivity contribution is 9.10. The van der Waals surface area contributed by atoms with E-state index in [-0.39, 0.29) is 0 Å². The lowest BCUT2D eigenvalue weighted by molar-refractivity contribution is 1.34. The standard InChI is InChI=1S/C10H7BrClN/c1-6-2-3-7-8(4-6)9(11)5-13-10(7)12/h2-5H,1H3. The molecular formula is C10H7BrClN. The summed E-state index contributed by atoms with van der Waals surface area (Å²) in [6.07, 6.45) is 1.73. The highest BCUT2D eigenvalue weighted by Crippen LogP contribution is 2.28. The van der Waals surface area contributed by atoms with Crippen molar-refractivity contribution in [1.82, 2.24) is 4.98 Å². The van der Waals surface area contributed by atoms with Crippen molar-refractivity contribution in [3.8, 4) is 0 Å². The van der Waals surface area contributed by atoms with Crippen LogP contribution >= 0.6 is 27.5 Å². The number of aromatic nitrogens is 1. The molecule has 1 nitrogen and oxygen atoms in total.